The SMILES string of the molecule is CC(C)COc1nc(N(CC(F)(F)F)C(C)C)ccc1N. The molecule has 120 valence electrons. The molecule has 0 bridgehead atoms. The smallest absolute Gasteiger partial charge is 0.405 e. The molecule has 0 aliphatic carbocycles. The first-order valence-corrected chi connectivity index (χ1v) is 6.83. The first-order chi connectivity index (χ1) is 9.60. The van der Waals surface area contributed by atoms with Crippen LogP contribution in [-0.4, -0.2) is 30.4 Å². The highest BCUT2D eigenvalue weighted by molar-refractivity contribution is 5.55. The number of nitrogens with zero attached hydrogens (tertiary/aromatic N) is 2. The Hall–Kier alpha value is -1.66. The highest BCUT2D eigenvalue weighted by Crippen LogP contribution is 2.27. The van der Waals surface area contributed by atoms with Gasteiger partial charge in [0, 0.05) is 6.04 Å². The summed E-state index contributed by atoms with van der Waals surface area (Å²) in [6.45, 7) is 6.62. The van der Waals surface area contributed by atoms with Crippen LogP contribution in [0.3, 0.4) is 0 Å². The molecule has 0 saturated carbocycles. The van der Waals surface area contributed by atoms with Gasteiger partial charge in [0.05, 0.1) is 12.3 Å². The summed E-state index contributed by atoms with van der Waals surface area (Å²) >= 11 is 0. The van der Waals surface area contributed by atoms with Crippen molar-refractivity contribution in [3.8, 4) is 5.88 Å². The van der Waals surface area contributed by atoms with E-state index in [1.165, 1.54) is 17.0 Å². The van der Waals surface area contributed by atoms with Gasteiger partial charge in [-0.1, -0.05) is 13.8 Å². The lowest BCUT2D eigenvalue weighted by Crippen LogP contribution is -2.39. The molecule has 4 nitrogen and oxygen atoms in total. The molecule has 21 heavy (non-hydrogen) atoms. The molecule has 0 spiro atoms. The molecule has 7 heteroatoms. The van der Waals surface area contributed by atoms with Crippen LogP contribution >= 0.6 is 0 Å². The van der Waals surface area contributed by atoms with E-state index in [1.54, 1.807) is 13.8 Å². The molecule has 1 heterocycles. The number of anilines is 2. The average Bonchev–Trinajstić information content (AvgIpc) is 2.33. The van der Waals surface area contributed by atoms with E-state index in [-0.39, 0.29) is 23.7 Å². The number of pyridine rings is 1. The van der Waals surface area contributed by atoms with Gasteiger partial charge in [-0.3, -0.25) is 0 Å². The van der Waals surface area contributed by atoms with Gasteiger partial charge < -0.3 is 15.4 Å². The Morgan fingerprint density at radius 2 is 1.86 bits per heavy atom. The minimum absolute atomic E-state index is 0.175. The molecule has 0 fully saturated rings. The third kappa shape index (κ3) is 5.69. The fourth-order valence-electron chi connectivity index (χ4n) is 1.68. The van der Waals surface area contributed by atoms with Gasteiger partial charge in [-0.15, -0.1) is 0 Å². The number of hydrogen-bond donors (Lipinski definition) is 1. The van der Waals surface area contributed by atoms with Gasteiger partial charge in [-0.2, -0.15) is 18.2 Å². The minimum Gasteiger partial charge on any atom is -0.476 e. The number of nitrogen functional groups attached to an aromatic ring is 1. The van der Waals surface area contributed by atoms with Crippen molar-refractivity contribution >= 4 is 11.5 Å². The van der Waals surface area contributed by atoms with E-state index in [2.05, 4.69) is 4.98 Å². The Bertz CT molecular complexity index is 461. The summed E-state index contributed by atoms with van der Waals surface area (Å²) in [5.41, 5.74) is 6.07. The maximum atomic E-state index is 12.7. The van der Waals surface area contributed by atoms with Crippen LogP contribution in [0.4, 0.5) is 24.7 Å². The van der Waals surface area contributed by atoms with Gasteiger partial charge in [-0.05, 0) is 31.9 Å². The Morgan fingerprint density at radius 1 is 1.24 bits per heavy atom. The largest absolute Gasteiger partial charge is 0.476 e. The molecule has 0 radical (unpaired) electrons. The molecule has 0 aliphatic heterocycles. The number of halogens is 3. The summed E-state index contributed by atoms with van der Waals surface area (Å²) in [6.07, 6.45) is -4.30. The number of nitrogens with two attached hydrogens (primary N) is 1. The van der Waals surface area contributed by atoms with Gasteiger partial charge in [0.15, 0.2) is 0 Å². The maximum Gasteiger partial charge on any atom is 0.405 e. The molecule has 0 aromatic carbocycles. The zero-order valence-electron chi connectivity index (χ0n) is 12.7. The number of aromatic nitrogens is 1. The van der Waals surface area contributed by atoms with Crippen LogP contribution in [-0.2, 0) is 0 Å². The van der Waals surface area contributed by atoms with Crippen LogP contribution in [0.15, 0.2) is 12.1 Å². The molecule has 0 amide bonds. The van der Waals surface area contributed by atoms with Crippen molar-refractivity contribution in [3.63, 3.8) is 0 Å². The Balaban J connectivity index is 3.01. The minimum atomic E-state index is -4.30. The van der Waals surface area contributed by atoms with Crippen LogP contribution in [0.1, 0.15) is 27.7 Å². The first kappa shape index (κ1) is 17.4. The van der Waals surface area contributed by atoms with Crippen molar-refractivity contribution in [2.24, 2.45) is 5.92 Å². The van der Waals surface area contributed by atoms with Crippen LogP contribution in [0.5, 0.6) is 5.88 Å². The second-order valence-electron chi connectivity index (χ2n) is 5.61. The van der Waals surface area contributed by atoms with Crippen molar-refractivity contribution in [1.82, 2.24) is 4.98 Å². The van der Waals surface area contributed by atoms with Gasteiger partial charge in [-0.25, -0.2) is 0 Å². The second-order valence-corrected chi connectivity index (χ2v) is 5.61. The van der Waals surface area contributed by atoms with Crippen LogP contribution in [0.25, 0.3) is 0 Å². The summed E-state index contributed by atoms with van der Waals surface area (Å²) < 4.78 is 43.4. The third-order valence-electron chi connectivity index (χ3n) is 2.70. The highest BCUT2D eigenvalue weighted by Gasteiger charge is 2.32. The van der Waals surface area contributed by atoms with E-state index in [9.17, 15) is 13.2 Å². The molecule has 1 aromatic rings. The zero-order chi connectivity index (χ0) is 16.2. The van der Waals surface area contributed by atoms with Crippen molar-refractivity contribution in [3.05, 3.63) is 12.1 Å². The molecular weight excluding hydrogens is 283 g/mol. The van der Waals surface area contributed by atoms with E-state index in [4.69, 9.17) is 10.5 Å². The predicted molar refractivity (Wildman–Crippen MR) is 77.5 cm³/mol. The Kier molecular flexibility index (Phi) is 5.69. The number of hydrogen-bond acceptors (Lipinski definition) is 4. The topological polar surface area (TPSA) is 51.4 Å². The van der Waals surface area contributed by atoms with Crippen molar-refractivity contribution in [2.75, 3.05) is 23.8 Å². The number of alkyl halides is 3. The van der Waals surface area contributed by atoms with Crippen molar-refractivity contribution < 1.29 is 17.9 Å². The molecule has 1 aromatic heterocycles. The lowest BCUT2D eigenvalue weighted by molar-refractivity contribution is -0.120. The van der Waals surface area contributed by atoms with E-state index in [0.29, 0.717) is 12.3 Å². The first-order valence-electron chi connectivity index (χ1n) is 6.83. The maximum absolute atomic E-state index is 12.7. The monoisotopic (exact) mass is 305 g/mol. The third-order valence-corrected chi connectivity index (χ3v) is 2.70. The summed E-state index contributed by atoms with van der Waals surface area (Å²) in [6, 6.07) is 2.65. The Labute approximate surface area is 123 Å². The number of ether oxygens (including phenoxy) is 1. The van der Waals surface area contributed by atoms with E-state index in [1.807, 2.05) is 13.8 Å². The van der Waals surface area contributed by atoms with Gasteiger partial charge in [0.1, 0.15) is 12.4 Å². The highest BCUT2D eigenvalue weighted by atomic mass is 19.4. The van der Waals surface area contributed by atoms with Crippen molar-refractivity contribution in [2.45, 2.75) is 39.9 Å². The number of rotatable bonds is 6. The second kappa shape index (κ2) is 6.87. The lowest BCUT2D eigenvalue weighted by atomic mass is 10.2. The lowest BCUT2D eigenvalue weighted by Gasteiger charge is -2.29. The summed E-state index contributed by atoms with van der Waals surface area (Å²) in [5.74, 6) is 0.649. The summed E-state index contributed by atoms with van der Waals surface area (Å²) in [7, 11) is 0. The zero-order valence-corrected chi connectivity index (χ0v) is 12.7. The molecular formula is C14H22F3N3O. The molecule has 0 atom stereocenters. The molecule has 0 aliphatic rings. The van der Waals surface area contributed by atoms with E-state index >= 15 is 0 Å². The van der Waals surface area contributed by atoms with Crippen LogP contribution in [0, 0.1) is 5.92 Å². The van der Waals surface area contributed by atoms with Crippen LogP contribution in [0.2, 0.25) is 0 Å². The van der Waals surface area contributed by atoms with E-state index < -0.39 is 12.7 Å². The molecule has 0 saturated heterocycles. The quantitative estimate of drug-likeness (QED) is 0.874. The standard InChI is InChI=1S/C14H22F3N3O/c1-9(2)7-21-13-11(18)5-6-12(19-13)20(10(3)4)8-14(15,16)17/h5-6,9-10H,7-8,18H2,1-4H3. The molecule has 1 rings (SSSR count). The summed E-state index contributed by atoms with van der Waals surface area (Å²) in [5, 5.41) is 0. The molecule has 0 unspecified atom stereocenters. The van der Waals surface area contributed by atoms with Gasteiger partial charge >= 0.3 is 6.18 Å². The van der Waals surface area contributed by atoms with Gasteiger partial charge in [0.2, 0.25) is 5.88 Å². The van der Waals surface area contributed by atoms with E-state index in [0.717, 1.165) is 0 Å². The fourth-order valence-corrected chi connectivity index (χ4v) is 1.68. The van der Waals surface area contributed by atoms with Crippen LogP contribution < -0.4 is 15.4 Å². The Morgan fingerprint density at radius 3 is 2.33 bits per heavy atom. The fraction of sp³-hybridized carbons (Fsp3) is 0.643. The predicted octanol–water partition coefficient (Wildman–Crippen LogP) is 3.48. The summed E-state index contributed by atoms with van der Waals surface area (Å²) in [4.78, 5) is 5.30. The molecule has 2 N–H and O–H groups in total. The normalized spacial score (nSPS) is 12.0. The van der Waals surface area contributed by atoms with Crippen molar-refractivity contribution in [1.29, 1.82) is 0 Å². The average molecular weight is 305 g/mol. The van der Waals surface area contributed by atoms with Gasteiger partial charge in [0.25, 0.3) is 0 Å².